The minimum Gasteiger partial charge on any atom is -0.383 e. The summed E-state index contributed by atoms with van der Waals surface area (Å²) in [5, 5.41) is 11.0. The molecule has 4 heteroatoms. The molecule has 0 saturated carbocycles. The van der Waals surface area contributed by atoms with Crippen LogP contribution in [-0.2, 0) is 9.53 Å². The van der Waals surface area contributed by atoms with Crippen molar-refractivity contribution in [3.05, 3.63) is 0 Å². The van der Waals surface area contributed by atoms with Gasteiger partial charge in [-0.15, -0.1) is 0 Å². The highest BCUT2D eigenvalue weighted by Gasteiger charge is 2.10. The molecule has 0 aliphatic carbocycles. The summed E-state index contributed by atoms with van der Waals surface area (Å²) in [6.45, 7) is 2.55. The van der Waals surface area contributed by atoms with Crippen molar-refractivity contribution in [3.63, 3.8) is 0 Å². The number of ether oxygens (including phenoxy) is 1. The van der Waals surface area contributed by atoms with Crippen LogP contribution in [0.5, 0.6) is 0 Å². The smallest absolute Gasteiger partial charge is 0.234 e. The van der Waals surface area contributed by atoms with E-state index in [0.29, 0.717) is 6.61 Å². The molecule has 0 spiro atoms. The predicted molar refractivity (Wildman–Crippen MR) is 48.9 cm³/mol. The van der Waals surface area contributed by atoms with Gasteiger partial charge in [0, 0.05) is 7.11 Å². The number of amides is 1. The molecule has 1 N–H and O–H groups in total. The Morgan fingerprint density at radius 3 is 2.85 bits per heavy atom. The van der Waals surface area contributed by atoms with E-state index in [1.165, 1.54) is 0 Å². The van der Waals surface area contributed by atoms with Crippen LogP contribution >= 0.6 is 0 Å². The van der Waals surface area contributed by atoms with E-state index in [1.54, 1.807) is 13.2 Å². The Bertz CT molecular complexity index is 181. The van der Waals surface area contributed by atoms with Gasteiger partial charge in [-0.1, -0.05) is 13.3 Å². The zero-order chi connectivity index (χ0) is 10.1. The van der Waals surface area contributed by atoms with Crippen LogP contribution in [0.1, 0.15) is 26.2 Å². The monoisotopic (exact) mass is 184 g/mol. The maximum atomic E-state index is 11.0. The van der Waals surface area contributed by atoms with Crippen LogP contribution in [0.25, 0.3) is 0 Å². The highest BCUT2D eigenvalue weighted by molar-refractivity contribution is 5.78. The van der Waals surface area contributed by atoms with Gasteiger partial charge in [-0.05, 0) is 6.42 Å². The minimum absolute atomic E-state index is 0.0378. The fourth-order valence-electron chi connectivity index (χ4n) is 1.10. The molecular formula is C9H16N2O2. The van der Waals surface area contributed by atoms with Crippen LogP contribution in [0, 0.1) is 11.3 Å². The first-order chi connectivity index (χ1) is 6.24. The van der Waals surface area contributed by atoms with E-state index in [-0.39, 0.29) is 18.4 Å². The molecule has 0 radical (unpaired) electrons. The summed E-state index contributed by atoms with van der Waals surface area (Å²) in [5.41, 5.74) is 0. The lowest BCUT2D eigenvalue weighted by atomic mass is 10.2. The highest BCUT2D eigenvalue weighted by atomic mass is 16.5. The van der Waals surface area contributed by atoms with Gasteiger partial charge in [0.05, 0.1) is 18.7 Å². The third-order valence-electron chi connectivity index (χ3n) is 1.61. The molecular weight excluding hydrogens is 168 g/mol. The molecule has 0 rings (SSSR count). The first-order valence-electron chi connectivity index (χ1n) is 4.39. The van der Waals surface area contributed by atoms with Gasteiger partial charge < -0.3 is 10.1 Å². The van der Waals surface area contributed by atoms with Gasteiger partial charge in [0.1, 0.15) is 6.42 Å². The summed E-state index contributed by atoms with van der Waals surface area (Å²) >= 11 is 0. The second-order valence-corrected chi connectivity index (χ2v) is 2.84. The standard InChI is InChI=1S/C9H16N2O2/c1-3-4-8(7-13-2)11-9(12)5-6-10/h8H,3-5,7H2,1-2H3,(H,11,12). The third kappa shape index (κ3) is 6.12. The van der Waals surface area contributed by atoms with E-state index in [1.807, 2.05) is 6.92 Å². The van der Waals surface area contributed by atoms with Crippen molar-refractivity contribution < 1.29 is 9.53 Å². The maximum absolute atomic E-state index is 11.0. The van der Waals surface area contributed by atoms with Gasteiger partial charge in [0.2, 0.25) is 5.91 Å². The Labute approximate surface area is 78.9 Å². The maximum Gasteiger partial charge on any atom is 0.234 e. The van der Waals surface area contributed by atoms with E-state index >= 15 is 0 Å². The van der Waals surface area contributed by atoms with E-state index in [9.17, 15) is 4.79 Å². The number of nitrogens with one attached hydrogen (secondary N) is 1. The van der Waals surface area contributed by atoms with Crippen LogP contribution in [0.3, 0.4) is 0 Å². The lowest BCUT2D eigenvalue weighted by Gasteiger charge is -2.15. The first kappa shape index (κ1) is 11.9. The number of nitriles is 1. The van der Waals surface area contributed by atoms with Gasteiger partial charge in [-0.25, -0.2) is 0 Å². The Balaban J connectivity index is 3.80. The van der Waals surface area contributed by atoms with Crippen LogP contribution < -0.4 is 5.32 Å². The van der Waals surface area contributed by atoms with Crippen molar-refractivity contribution in [1.82, 2.24) is 5.32 Å². The Morgan fingerprint density at radius 1 is 1.69 bits per heavy atom. The number of carbonyl (C=O) groups is 1. The Hall–Kier alpha value is -1.08. The van der Waals surface area contributed by atoms with Gasteiger partial charge in [0.15, 0.2) is 0 Å². The molecule has 0 aliphatic rings. The summed E-state index contributed by atoms with van der Waals surface area (Å²) in [6, 6.07) is 1.84. The minimum atomic E-state index is -0.224. The molecule has 0 bridgehead atoms. The quantitative estimate of drug-likeness (QED) is 0.665. The first-order valence-corrected chi connectivity index (χ1v) is 4.39. The fourth-order valence-corrected chi connectivity index (χ4v) is 1.10. The summed E-state index contributed by atoms with van der Waals surface area (Å²) in [5.74, 6) is -0.224. The van der Waals surface area contributed by atoms with Crippen LogP contribution in [0.4, 0.5) is 0 Å². The van der Waals surface area contributed by atoms with Crippen LogP contribution in [0.2, 0.25) is 0 Å². The third-order valence-corrected chi connectivity index (χ3v) is 1.61. The van der Waals surface area contributed by atoms with Gasteiger partial charge in [-0.3, -0.25) is 4.79 Å². The average molecular weight is 184 g/mol. The van der Waals surface area contributed by atoms with E-state index in [0.717, 1.165) is 12.8 Å². The number of hydrogen-bond donors (Lipinski definition) is 1. The molecule has 0 aromatic heterocycles. The average Bonchev–Trinajstić information content (AvgIpc) is 2.05. The van der Waals surface area contributed by atoms with E-state index in [2.05, 4.69) is 5.32 Å². The summed E-state index contributed by atoms with van der Waals surface area (Å²) in [7, 11) is 1.60. The van der Waals surface area contributed by atoms with Crippen molar-refractivity contribution in [2.24, 2.45) is 0 Å². The molecule has 0 aromatic rings. The molecule has 0 aliphatic heterocycles. The molecule has 74 valence electrons. The zero-order valence-electron chi connectivity index (χ0n) is 8.17. The normalized spacial score (nSPS) is 11.8. The van der Waals surface area contributed by atoms with Gasteiger partial charge in [0.25, 0.3) is 0 Å². The number of carbonyl (C=O) groups excluding carboxylic acids is 1. The number of hydrogen-bond acceptors (Lipinski definition) is 3. The SMILES string of the molecule is CCCC(COC)NC(=O)CC#N. The molecule has 0 heterocycles. The summed E-state index contributed by atoms with van der Waals surface area (Å²) < 4.78 is 4.94. The number of rotatable bonds is 6. The van der Waals surface area contributed by atoms with Crippen molar-refractivity contribution in [2.75, 3.05) is 13.7 Å². The highest BCUT2D eigenvalue weighted by Crippen LogP contribution is 1.97. The van der Waals surface area contributed by atoms with Gasteiger partial charge >= 0.3 is 0 Å². The van der Waals surface area contributed by atoms with Crippen molar-refractivity contribution in [1.29, 1.82) is 5.26 Å². The number of methoxy groups -OCH3 is 1. The predicted octanol–water partition coefficient (Wildman–Crippen LogP) is 0.831. The zero-order valence-corrected chi connectivity index (χ0v) is 8.17. The molecule has 0 fully saturated rings. The summed E-state index contributed by atoms with van der Waals surface area (Å²) in [4.78, 5) is 11.0. The van der Waals surface area contributed by atoms with Crippen LogP contribution in [0.15, 0.2) is 0 Å². The molecule has 1 atom stereocenters. The molecule has 1 unspecified atom stereocenters. The molecule has 4 nitrogen and oxygen atoms in total. The molecule has 1 amide bonds. The lowest BCUT2D eigenvalue weighted by molar-refractivity contribution is -0.121. The second kappa shape index (κ2) is 7.56. The summed E-state index contributed by atoms with van der Waals surface area (Å²) in [6.07, 6.45) is 1.79. The Morgan fingerprint density at radius 2 is 2.38 bits per heavy atom. The van der Waals surface area contributed by atoms with E-state index in [4.69, 9.17) is 10.00 Å². The molecule has 0 saturated heterocycles. The molecule has 0 aromatic carbocycles. The topological polar surface area (TPSA) is 62.1 Å². The largest absolute Gasteiger partial charge is 0.383 e. The lowest BCUT2D eigenvalue weighted by Crippen LogP contribution is -2.37. The second-order valence-electron chi connectivity index (χ2n) is 2.84. The van der Waals surface area contributed by atoms with Crippen molar-refractivity contribution in [3.8, 4) is 6.07 Å². The number of nitrogens with zero attached hydrogens (tertiary/aromatic N) is 1. The van der Waals surface area contributed by atoms with Crippen LogP contribution in [-0.4, -0.2) is 25.7 Å². The van der Waals surface area contributed by atoms with E-state index < -0.39 is 0 Å². The fraction of sp³-hybridized carbons (Fsp3) is 0.778. The van der Waals surface area contributed by atoms with Crippen molar-refractivity contribution >= 4 is 5.91 Å². The Kier molecular flexibility index (Phi) is 6.93. The van der Waals surface area contributed by atoms with Crippen molar-refractivity contribution in [2.45, 2.75) is 32.2 Å². The molecule has 13 heavy (non-hydrogen) atoms. The van der Waals surface area contributed by atoms with Gasteiger partial charge in [-0.2, -0.15) is 5.26 Å².